The second-order valence-corrected chi connectivity index (χ2v) is 2.01. The number of carbonyl (C=O) groups is 1. The molecule has 0 radical (unpaired) electrons. The second-order valence-electron chi connectivity index (χ2n) is 2.01. The van der Waals surface area contributed by atoms with Crippen molar-refractivity contribution in [3.8, 4) is 0 Å². The fourth-order valence-electron chi connectivity index (χ4n) is 0.421. The maximum atomic E-state index is 12.5. The standard InChI is InChI=1S/C5H9FO5/c6-5(11,3(9)1-7)4(10)2-8/h1,3-4,8-11H,2H2/t3?,4?,5-/m0/s1. The Labute approximate surface area is 61.7 Å². The van der Waals surface area contributed by atoms with E-state index in [4.69, 9.17) is 20.4 Å². The summed E-state index contributed by atoms with van der Waals surface area (Å²) >= 11 is 0. The molecule has 11 heavy (non-hydrogen) atoms. The van der Waals surface area contributed by atoms with Gasteiger partial charge in [0.05, 0.1) is 6.61 Å². The van der Waals surface area contributed by atoms with Gasteiger partial charge < -0.3 is 25.2 Å². The van der Waals surface area contributed by atoms with Crippen LogP contribution in [0, 0.1) is 0 Å². The van der Waals surface area contributed by atoms with Crippen LogP contribution in [-0.2, 0) is 4.79 Å². The van der Waals surface area contributed by atoms with Gasteiger partial charge in [-0.3, -0.25) is 0 Å². The highest BCUT2D eigenvalue weighted by molar-refractivity contribution is 5.57. The van der Waals surface area contributed by atoms with E-state index in [1.54, 1.807) is 0 Å². The molecule has 0 aromatic heterocycles. The maximum absolute atomic E-state index is 12.5. The first-order chi connectivity index (χ1) is 4.96. The molecular formula is C5H9FO5. The number of hydrogen-bond donors (Lipinski definition) is 4. The second kappa shape index (κ2) is 3.72. The quantitative estimate of drug-likeness (QED) is 0.349. The van der Waals surface area contributed by atoms with Crippen LogP contribution < -0.4 is 0 Å². The third-order valence-corrected chi connectivity index (χ3v) is 1.18. The van der Waals surface area contributed by atoms with Gasteiger partial charge in [0.25, 0.3) is 5.85 Å². The first kappa shape index (κ1) is 10.4. The molecular weight excluding hydrogens is 159 g/mol. The van der Waals surface area contributed by atoms with Crippen molar-refractivity contribution in [3.63, 3.8) is 0 Å². The van der Waals surface area contributed by atoms with Gasteiger partial charge in [0.1, 0.15) is 6.10 Å². The van der Waals surface area contributed by atoms with Crippen molar-refractivity contribution in [1.82, 2.24) is 0 Å². The van der Waals surface area contributed by atoms with Crippen LogP contribution in [0.15, 0.2) is 0 Å². The van der Waals surface area contributed by atoms with Gasteiger partial charge >= 0.3 is 0 Å². The number of halogens is 1. The van der Waals surface area contributed by atoms with Crippen LogP contribution in [-0.4, -0.2) is 51.4 Å². The fourth-order valence-corrected chi connectivity index (χ4v) is 0.421. The van der Waals surface area contributed by atoms with Crippen LogP contribution in [0.1, 0.15) is 0 Å². The van der Waals surface area contributed by atoms with E-state index in [0.29, 0.717) is 0 Å². The van der Waals surface area contributed by atoms with Crippen LogP contribution in [0.3, 0.4) is 0 Å². The van der Waals surface area contributed by atoms with Crippen LogP contribution in [0.2, 0.25) is 0 Å². The summed E-state index contributed by atoms with van der Waals surface area (Å²) in [5.41, 5.74) is 0. The van der Waals surface area contributed by atoms with E-state index in [0.717, 1.165) is 0 Å². The van der Waals surface area contributed by atoms with Crippen LogP contribution in [0.5, 0.6) is 0 Å². The molecule has 0 aliphatic carbocycles. The van der Waals surface area contributed by atoms with Crippen molar-refractivity contribution in [2.24, 2.45) is 0 Å². The van der Waals surface area contributed by atoms with Gasteiger partial charge in [-0.15, -0.1) is 0 Å². The Morgan fingerprint density at radius 2 is 2.00 bits per heavy atom. The number of aldehydes is 1. The molecule has 0 aromatic rings. The molecule has 0 saturated heterocycles. The molecule has 0 rings (SSSR count). The Morgan fingerprint density at radius 3 is 2.27 bits per heavy atom. The molecule has 2 unspecified atom stereocenters. The largest absolute Gasteiger partial charge is 0.393 e. The third-order valence-electron chi connectivity index (χ3n) is 1.18. The van der Waals surface area contributed by atoms with Gasteiger partial charge in [-0.1, -0.05) is 0 Å². The number of hydrogen-bond acceptors (Lipinski definition) is 5. The molecule has 3 atom stereocenters. The van der Waals surface area contributed by atoms with E-state index >= 15 is 0 Å². The van der Waals surface area contributed by atoms with Crippen LogP contribution in [0.4, 0.5) is 4.39 Å². The SMILES string of the molecule is O=CC(O)[C@@](O)(F)C(O)CO. The first-order valence-electron chi connectivity index (χ1n) is 2.80. The van der Waals surface area contributed by atoms with Crippen molar-refractivity contribution in [1.29, 1.82) is 0 Å². The summed E-state index contributed by atoms with van der Waals surface area (Å²) in [5.74, 6) is -3.49. The molecule has 0 amide bonds. The zero-order valence-corrected chi connectivity index (χ0v) is 5.51. The molecule has 0 aliphatic rings. The average molecular weight is 168 g/mol. The summed E-state index contributed by atoms with van der Waals surface area (Å²) in [7, 11) is 0. The number of aliphatic hydroxyl groups excluding tert-OH is 3. The highest BCUT2D eigenvalue weighted by Gasteiger charge is 2.42. The maximum Gasteiger partial charge on any atom is 0.268 e. The van der Waals surface area contributed by atoms with Gasteiger partial charge in [-0.05, 0) is 0 Å². The molecule has 0 aromatic carbocycles. The minimum atomic E-state index is -3.49. The summed E-state index contributed by atoms with van der Waals surface area (Å²) in [6.07, 6.45) is -4.83. The first-order valence-corrected chi connectivity index (χ1v) is 2.80. The predicted molar refractivity (Wildman–Crippen MR) is 31.2 cm³/mol. The van der Waals surface area contributed by atoms with Crippen molar-refractivity contribution < 1.29 is 29.6 Å². The third kappa shape index (κ3) is 2.19. The van der Waals surface area contributed by atoms with Gasteiger partial charge in [-0.25, -0.2) is 4.39 Å². The van der Waals surface area contributed by atoms with Crippen molar-refractivity contribution in [3.05, 3.63) is 0 Å². The Morgan fingerprint density at radius 1 is 1.55 bits per heavy atom. The van der Waals surface area contributed by atoms with E-state index in [2.05, 4.69) is 0 Å². The zero-order valence-electron chi connectivity index (χ0n) is 5.51. The topological polar surface area (TPSA) is 98.0 Å². The van der Waals surface area contributed by atoms with E-state index < -0.39 is 24.7 Å². The summed E-state index contributed by atoms with van der Waals surface area (Å²) in [4.78, 5) is 9.73. The highest BCUT2D eigenvalue weighted by Crippen LogP contribution is 2.16. The van der Waals surface area contributed by atoms with E-state index in [-0.39, 0.29) is 6.29 Å². The van der Waals surface area contributed by atoms with Gasteiger partial charge in [-0.2, -0.15) is 0 Å². The Balaban J connectivity index is 4.29. The molecule has 5 nitrogen and oxygen atoms in total. The lowest BCUT2D eigenvalue weighted by Gasteiger charge is -2.24. The normalized spacial score (nSPS) is 21.9. The summed E-state index contributed by atoms with van der Waals surface area (Å²) < 4.78 is 12.5. The zero-order chi connectivity index (χ0) is 9.07. The lowest BCUT2D eigenvalue weighted by molar-refractivity contribution is -0.226. The van der Waals surface area contributed by atoms with E-state index in [9.17, 15) is 9.18 Å². The minimum Gasteiger partial charge on any atom is -0.393 e. The molecule has 0 fully saturated rings. The number of alkyl halides is 1. The fraction of sp³-hybridized carbons (Fsp3) is 0.800. The van der Waals surface area contributed by atoms with Gasteiger partial charge in [0.2, 0.25) is 0 Å². The molecule has 0 heterocycles. The van der Waals surface area contributed by atoms with Crippen molar-refractivity contribution >= 4 is 6.29 Å². The predicted octanol–water partition coefficient (Wildman–Crippen LogP) is -2.44. The number of carbonyl (C=O) groups excluding carboxylic acids is 1. The Hall–Kier alpha value is -0.560. The lowest BCUT2D eigenvalue weighted by atomic mass is 10.1. The molecule has 66 valence electrons. The summed E-state index contributed by atoms with van der Waals surface area (Å²) in [6.45, 7) is -1.09. The monoisotopic (exact) mass is 168 g/mol. The summed E-state index contributed by atoms with van der Waals surface area (Å²) in [6, 6.07) is 0. The molecule has 0 bridgehead atoms. The molecule has 0 spiro atoms. The lowest BCUT2D eigenvalue weighted by Crippen LogP contribution is -2.50. The van der Waals surface area contributed by atoms with Crippen LogP contribution >= 0.6 is 0 Å². The van der Waals surface area contributed by atoms with Gasteiger partial charge in [0, 0.05) is 0 Å². The number of rotatable bonds is 4. The Kier molecular flexibility index (Phi) is 3.53. The van der Waals surface area contributed by atoms with Crippen molar-refractivity contribution in [2.45, 2.75) is 18.1 Å². The van der Waals surface area contributed by atoms with Crippen LogP contribution in [0.25, 0.3) is 0 Å². The number of aliphatic hydroxyl groups is 4. The molecule has 6 heteroatoms. The average Bonchev–Trinajstić information content (AvgIpc) is 2.01. The van der Waals surface area contributed by atoms with Gasteiger partial charge in [0.15, 0.2) is 12.4 Å². The minimum absolute atomic E-state index is 0.279. The van der Waals surface area contributed by atoms with E-state index in [1.807, 2.05) is 0 Å². The Bertz CT molecular complexity index is 137. The van der Waals surface area contributed by atoms with Crippen molar-refractivity contribution in [2.75, 3.05) is 6.61 Å². The van der Waals surface area contributed by atoms with E-state index in [1.165, 1.54) is 0 Å². The molecule has 0 aliphatic heterocycles. The smallest absolute Gasteiger partial charge is 0.268 e. The molecule has 4 N–H and O–H groups in total. The highest BCUT2D eigenvalue weighted by atomic mass is 19.2. The molecule has 0 saturated carbocycles. The summed E-state index contributed by atoms with van der Waals surface area (Å²) in [5, 5.41) is 33.5.